The number of nitro benzene ring substituents is 1. The summed E-state index contributed by atoms with van der Waals surface area (Å²) in [7, 11) is 4.11. The Bertz CT molecular complexity index is 1590. The number of nitrogen functional groups attached to an aromatic ring is 1. The van der Waals surface area contributed by atoms with E-state index in [1.165, 1.54) is 17.7 Å². The van der Waals surface area contributed by atoms with Crippen LogP contribution in [-0.2, 0) is 6.42 Å². The van der Waals surface area contributed by atoms with Gasteiger partial charge in [-0.15, -0.1) is 0 Å². The Morgan fingerprint density at radius 1 is 1.05 bits per heavy atom. The lowest BCUT2D eigenvalue weighted by Crippen LogP contribution is -2.15. The van der Waals surface area contributed by atoms with E-state index in [0.717, 1.165) is 18.7 Å². The molecule has 5 aromatic rings. The maximum absolute atomic E-state index is 11.5. The van der Waals surface area contributed by atoms with E-state index in [1.54, 1.807) is 18.3 Å². The third-order valence-electron chi connectivity index (χ3n) is 5.96. The van der Waals surface area contributed by atoms with Gasteiger partial charge in [-0.05, 0) is 62.5 Å². The first-order chi connectivity index (χ1) is 17.9. The van der Waals surface area contributed by atoms with Crippen LogP contribution in [0.15, 0.2) is 79.1 Å². The van der Waals surface area contributed by atoms with Crippen LogP contribution in [0.5, 0.6) is 0 Å². The molecule has 0 atom stereocenters. The molecule has 37 heavy (non-hydrogen) atoms. The van der Waals surface area contributed by atoms with Gasteiger partial charge in [-0.1, -0.05) is 24.3 Å². The van der Waals surface area contributed by atoms with E-state index in [4.69, 9.17) is 15.7 Å². The zero-order valence-corrected chi connectivity index (χ0v) is 20.5. The first-order valence-corrected chi connectivity index (χ1v) is 11.7. The number of hydrogen-bond acceptors (Lipinski definition) is 8. The predicted molar refractivity (Wildman–Crippen MR) is 145 cm³/mol. The van der Waals surface area contributed by atoms with Crippen molar-refractivity contribution in [2.24, 2.45) is 0 Å². The average molecular weight is 495 g/mol. The van der Waals surface area contributed by atoms with Gasteiger partial charge in [0.15, 0.2) is 0 Å². The summed E-state index contributed by atoms with van der Waals surface area (Å²) < 4.78 is 1.91. The lowest BCUT2D eigenvalue weighted by molar-refractivity contribution is -0.383. The van der Waals surface area contributed by atoms with Gasteiger partial charge < -0.3 is 16.0 Å². The number of pyridine rings is 1. The summed E-state index contributed by atoms with van der Waals surface area (Å²) in [6.45, 7) is 0.954. The van der Waals surface area contributed by atoms with E-state index in [1.807, 2.05) is 40.9 Å². The summed E-state index contributed by atoms with van der Waals surface area (Å²) in [6, 6.07) is 20.3. The second kappa shape index (κ2) is 10.0. The summed E-state index contributed by atoms with van der Waals surface area (Å²) in [5.41, 5.74) is 11.0. The van der Waals surface area contributed by atoms with E-state index < -0.39 is 4.92 Å². The van der Waals surface area contributed by atoms with Gasteiger partial charge in [0.25, 0.3) is 5.69 Å². The number of anilines is 3. The highest BCUT2D eigenvalue weighted by atomic mass is 16.6. The molecule has 0 unspecified atom stereocenters. The highest BCUT2D eigenvalue weighted by Crippen LogP contribution is 2.35. The quantitative estimate of drug-likeness (QED) is 0.179. The molecule has 2 aromatic carbocycles. The Hall–Kier alpha value is -4.83. The minimum atomic E-state index is -0.492. The molecule has 3 aromatic heterocycles. The first kappa shape index (κ1) is 23.9. The van der Waals surface area contributed by atoms with Gasteiger partial charge in [0.05, 0.1) is 22.0 Å². The van der Waals surface area contributed by atoms with Crippen molar-refractivity contribution in [3.05, 3.63) is 94.8 Å². The van der Waals surface area contributed by atoms with Crippen molar-refractivity contribution in [2.75, 3.05) is 31.7 Å². The molecular formula is C27H26N8O2. The molecule has 0 aliphatic rings. The molecule has 0 aliphatic carbocycles. The number of nitro groups is 1. The Morgan fingerprint density at radius 2 is 1.92 bits per heavy atom. The number of fused-ring (bicyclic) bond motifs is 1. The summed E-state index contributed by atoms with van der Waals surface area (Å²) >= 11 is 0. The van der Waals surface area contributed by atoms with Crippen molar-refractivity contribution < 1.29 is 4.92 Å². The summed E-state index contributed by atoms with van der Waals surface area (Å²) in [5.74, 6) is 0.433. The third kappa shape index (κ3) is 5.09. The average Bonchev–Trinajstić information content (AvgIpc) is 3.28. The third-order valence-corrected chi connectivity index (χ3v) is 5.96. The first-order valence-electron chi connectivity index (χ1n) is 11.7. The van der Waals surface area contributed by atoms with Crippen molar-refractivity contribution in [1.29, 1.82) is 0 Å². The molecule has 0 aliphatic heterocycles. The molecule has 0 saturated carbocycles. The van der Waals surface area contributed by atoms with E-state index >= 15 is 0 Å². The lowest BCUT2D eigenvalue weighted by Gasteiger charge is -2.11. The van der Waals surface area contributed by atoms with E-state index in [-0.39, 0.29) is 11.4 Å². The van der Waals surface area contributed by atoms with Gasteiger partial charge in [0.2, 0.25) is 5.95 Å². The maximum atomic E-state index is 11.5. The summed E-state index contributed by atoms with van der Waals surface area (Å²) in [6.07, 6.45) is 4.50. The minimum absolute atomic E-state index is 0.0976. The molecule has 0 bridgehead atoms. The normalized spacial score (nSPS) is 11.2. The molecule has 0 radical (unpaired) electrons. The van der Waals surface area contributed by atoms with Crippen LogP contribution in [0.25, 0.3) is 28.3 Å². The molecule has 10 nitrogen and oxygen atoms in total. The molecule has 3 heterocycles. The molecule has 0 saturated heterocycles. The fourth-order valence-corrected chi connectivity index (χ4v) is 4.13. The van der Waals surface area contributed by atoms with E-state index in [0.29, 0.717) is 34.2 Å². The fourth-order valence-electron chi connectivity index (χ4n) is 4.13. The largest absolute Gasteiger partial charge is 0.393 e. The molecule has 0 spiro atoms. The highest BCUT2D eigenvalue weighted by molar-refractivity contribution is 5.83. The Balaban J connectivity index is 1.55. The Labute approximate surface area is 213 Å². The van der Waals surface area contributed by atoms with Crippen molar-refractivity contribution >= 4 is 28.7 Å². The van der Waals surface area contributed by atoms with Crippen molar-refractivity contribution in [2.45, 2.75) is 6.42 Å². The topological polar surface area (TPSA) is 128 Å². The van der Waals surface area contributed by atoms with Gasteiger partial charge in [0, 0.05) is 36.3 Å². The zero-order chi connectivity index (χ0) is 25.9. The highest BCUT2D eigenvalue weighted by Gasteiger charge is 2.21. The monoisotopic (exact) mass is 494 g/mol. The van der Waals surface area contributed by atoms with Crippen LogP contribution in [0.4, 0.5) is 23.0 Å². The molecule has 0 fully saturated rings. The van der Waals surface area contributed by atoms with Gasteiger partial charge >= 0.3 is 0 Å². The molecule has 10 heteroatoms. The van der Waals surface area contributed by atoms with Crippen LogP contribution in [0.3, 0.4) is 0 Å². The number of nitrogens with zero attached hydrogens (tertiary/aromatic N) is 6. The Morgan fingerprint density at radius 3 is 2.73 bits per heavy atom. The predicted octanol–water partition coefficient (Wildman–Crippen LogP) is 4.80. The summed E-state index contributed by atoms with van der Waals surface area (Å²) in [4.78, 5) is 27.1. The SMILES string of the molecule is CN(C)CCc1cccc(Nc2nccc(-c3c(-c4ccc(N)c([N+](=O)[O-])c4)nc4ccccn34)n2)c1. The van der Waals surface area contributed by atoms with Gasteiger partial charge in [-0.25, -0.2) is 15.0 Å². The molecule has 3 N–H and O–H groups in total. The smallest absolute Gasteiger partial charge is 0.292 e. The second-order valence-corrected chi connectivity index (χ2v) is 8.91. The number of imidazole rings is 1. The molecule has 186 valence electrons. The molecule has 5 rings (SSSR count). The van der Waals surface area contributed by atoms with E-state index in [9.17, 15) is 10.1 Å². The van der Waals surface area contributed by atoms with Gasteiger partial charge in [-0.2, -0.15) is 0 Å². The minimum Gasteiger partial charge on any atom is -0.393 e. The summed E-state index contributed by atoms with van der Waals surface area (Å²) in [5, 5.41) is 14.8. The number of hydrogen-bond donors (Lipinski definition) is 2. The van der Waals surface area contributed by atoms with Crippen LogP contribution in [0, 0.1) is 10.1 Å². The second-order valence-electron chi connectivity index (χ2n) is 8.91. The Kier molecular flexibility index (Phi) is 6.48. The van der Waals surface area contributed by atoms with Crippen molar-refractivity contribution in [1.82, 2.24) is 24.3 Å². The number of rotatable bonds is 8. The van der Waals surface area contributed by atoms with Crippen molar-refractivity contribution in [3.8, 4) is 22.6 Å². The standard InChI is InChI=1S/C27H26N8O2/c1-33(2)15-12-18-6-5-7-20(16-18)30-27-29-13-11-22(31-27)26-25(32-24-8-3-4-14-34(24)26)19-9-10-21(28)23(17-19)35(36)37/h3-11,13-14,16-17H,12,15,28H2,1-2H3,(H,29,30,31). The molecular weight excluding hydrogens is 468 g/mol. The van der Waals surface area contributed by atoms with Crippen LogP contribution in [0.1, 0.15) is 5.56 Å². The number of aromatic nitrogens is 4. The van der Waals surface area contributed by atoms with Crippen LogP contribution < -0.4 is 11.1 Å². The molecule has 0 amide bonds. The lowest BCUT2D eigenvalue weighted by atomic mass is 10.1. The van der Waals surface area contributed by atoms with Crippen LogP contribution in [-0.4, -0.2) is 49.8 Å². The number of nitrogens with one attached hydrogen (secondary N) is 1. The van der Waals surface area contributed by atoms with E-state index in [2.05, 4.69) is 41.4 Å². The number of nitrogens with two attached hydrogens (primary N) is 1. The fraction of sp³-hybridized carbons (Fsp3) is 0.148. The van der Waals surface area contributed by atoms with Crippen LogP contribution >= 0.6 is 0 Å². The maximum Gasteiger partial charge on any atom is 0.292 e. The van der Waals surface area contributed by atoms with Crippen LogP contribution in [0.2, 0.25) is 0 Å². The van der Waals surface area contributed by atoms with Gasteiger partial charge in [0.1, 0.15) is 11.3 Å². The number of benzene rings is 2. The zero-order valence-electron chi connectivity index (χ0n) is 20.5. The number of likely N-dealkylation sites (N-methyl/N-ethyl adjacent to an activating group) is 1. The van der Waals surface area contributed by atoms with Crippen molar-refractivity contribution in [3.63, 3.8) is 0 Å². The van der Waals surface area contributed by atoms with Gasteiger partial charge in [-0.3, -0.25) is 14.5 Å².